The maximum atomic E-state index is 13.5. The number of rotatable bonds is 6. The van der Waals surface area contributed by atoms with Crippen molar-refractivity contribution in [3.63, 3.8) is 0 Å². The third kappa shape index (κ3) is 5.56. The molecule has 2 atom stereocenters. The molecule has 0 aliphatic heterocycles. The summed E-state index contributed by atoms with van der Waals surface area (Å²) in [7, 11) is 0. The van der Waals surface area contributed by atoms with Gasteiger partial charge in [-0.15, -0.1) is 11.8 Å². The Bertz CT molecular complexity index is 755. The molecule has 132 valence electrons. The highest BCUT2D eigenvalue weighted by atomic mass is 32.2. The van der Waals surface area contributed by atoms with Gasteiger partial charge in [0.1, 0.15) is 16.9 Å². The highest BCUT2D eigenvalue weighted by Crippen LogP contribution is 2.24. The van der Waals surface area contributed by atoms with Crippen LogP contribution in [0.4, 0.5) is 14.5 Å². The molecule has 7 heteroatoms. The quantitative estimate of drug-likeness (QED) is 0.621. The van der Waals surface area contributed by atoms with Crippen LogP contribution in [0.5, 0.6) is 0 Å². The summed E-state index contributed by atoms with van der Waals surface area (Å²) in [5.41, 5.74) is -0.180. The Morgan fingerprint density at radius 2 is 1.76 bits per heavy atom. The molecule has 0 aliphatic carbocycles. The van der Waals surface area contributed by atoms with Crippen LogP contribution in [0.15, 0.2) is 53.4 Å². The molecule has 0 fully saturated rings. The molecule has 0 heterocycles. The van der Waals surface area contributed by atoms with Crippen molar-refractivity contribution in [1.29, 1.82) is 0 Å². The van der Waals surface area contributed by atoms with Gasteiger partial charge in [-0.25, -0.2) is 8.78 Å². The molecule has 1 amide bonds. The Kier molecular flexibility index (Phi) is 6.52. The summed E-state index contributed by atoms with van der Waals surface area (Å²) in [6, 6.07) is 12.1. The zero-order chi connectivity index (χ0) is 18.4. The molecule has 25 heavy (non-hydrogen) atoms. The molecular formula is C18H17F2NO3S. The average Bonchev–Trinajstić information content (AvgIpc) is 2.58. The number of nitrogens with one attached hydrogen (secondary N) is 1. The number of esters is 1. The second-order valence-corrected chi connectivity index (χ2v) is 6.68. The van der Waals surface area contributed by atoms with E-state index in [2.05, 4.69) is 5.32 Å². The molecule has 0 aromatic heterocycles. The standard InChI is InChI=1S/C18H17F2NO3S/c1-11(17(22)21-16-9-8-13(19)10-15(16)20)24-18(23)12(2)25-14-6-4-3-5-7-14/h3-12H,1-2H3,(H,21,22)/t11-,12+/m1/s1. The Balaban J connectivity index is 1.90. The zero-order valence-electron chi connectivity index (χ0n) is 13.7. The molecule has 2 rings (SSSR count). The Hall–Kier alpha value is -2.41. The van der Waals surface area contributed by atoms with Crippen molar-refractivity contribution in [2.45, 2.75) is 30.1 Å². The van der Waals surface area contributed by atoms with Crippen molar-refractivity contribution < 1.29 is 23.1 Å². The minimum atomic E-state index is -1.12. The number of anilines is 1. The van der Waals surface area contributed by atoms with Crippen LogP contribution in [-0.2, 0) is 14.3 Å². The van der Waals surface area contributed by atoms with Crippen LogP contribution in [0.2, 0.25) is 0 Å². The number of hydrogen-bond donors (Lipinski definition) is 1. The van der Waals surface area contributed by atoms with Crippen molar-refractivity contribution in [3.05, 3.63) is 60.2 Å². The average molecular weight is 365 g/mol. The Labute approximate surface area is 148 Å². The SMILES string of the molecule is C[C@H](Sc1ccccc1)C(=O)O[C@H](C)C(=O)Nc1ccc(F)cc1F. The van der Waals surface area contributed by atoms with Gasteiger partial charge in [0.2, 0.25) is 0 Å². The molecule has 2 aromatic carbocycles. The van der Waals surface area contributed by atoms with E-state index in [1.807, 2.05) is 30.3 Å². The molecule has 0 radical (unpaired) electrons. The van der Waals surface area contributed by atoms with Crippen molar-refractivity contribution in [2.24, 2.45) is 0 Å². The fraction of sp³-hybridized carbons (Fsp3) is 0.222. The summed E-state index contributed by atoms with van der Waals surface area (Å²) in [5.74, 6) is -2.91. The van der Waals surface area contributed by atoms with E-state index in [-0.39, 0.29) is 5.69 Å². The summed E-state index contributed by atoms with van der Waals surface area (Å²) < 4.78 is 31.5. The summed E-state index contributed by atoms with van der Waals surface area (Å²) >= 11 is 1.31. The number of carbonyl (C=O) groups excluding carboxylic acids is 2. The summed E-state index contributed by atoms with van der Waals surface area (Å²) in [6.45, 7) is 3.05. The molecule has 1 N–H and O–H groups in total. The summed E-state index contributed by atoms with van der Waals surface area (Å²) in [4.78, 5) is 25.0. The monoisotopic (exact) mass is 365 g/mol. The highest BCUT2D eigenvalue weighted by Gasteiger charge is 2.23. The van der Waals surface area contributed by atoms with E-state index in [1.165, 1.54) is 18.7 Å². The first kappa shape index (κ1) is 18.9. The van der Waals surface area contributed by atoms with Crippen molar-refractivity contribution in [1.82, 2.24) is 0 Å². The first-order chi connectivity index (χ1) is 11.9. The minimum Gasteiger partial charge on any atom is -0.452 e. The lowest BCUT2D eigenvalue weighted by atomic mass is 10.2. The molecule has 4 nitrogen and oxygen atoms in total. The van der Waals surface area contributed by atoms with Crippen LogP contribution in [0.1, 0.15) is 13.8 Å². The first-order valence-electron chi connectivity index (χ1n) is 7.55. The zero-order valence-corrected chi connectivity index (χ0v) is 14.5. The van der Waals surface area contributed by atoms with Gasteiger partial charge in [-0.3, -0.25) is 9.59 Å². The van der Waals surface area contributed by atoms with Crippen LogP contribution in [0, 0.1) is 11.6 Å². The lowest BCUT2D eigenvalue weighted by Gasteiger charge is -2.16. The van der Waals surface area contributed by atoms with Crippen molar-refractivity contribution in [2.75, 3.05) is 5.32 Å². The molecule has 2 aromatic rings. The molecule has 0 aliphatic rings. The van der Waals surface area contributed by atoms with Gasteiger partial charge in [0, 0.05) is 11.0 Å². The van der Waals surface area contributed by atoms with Crippen LogP contribution < -0.4 is 5.32 Å². The Morgan fingerprint density at radius 3 is 2.40 bits per heavy atom. The Morgan fingerprint density at radius 1 is 1.08 bits per heavy atom. The van der Waals surface area contributed by atoms with Crippen molar-refractivity contribution >= 4 is 29.3 Å². The second-order valence-electron chi connectivity index (χ2n) is 5.27. The van der Waals surface area contributed by atoms with Crippen LogP contribution in [-0.4, -0.2) is 23.2 Å². The summed E-state index contributed by atoms with van der Waals surface area (Å²) in [5, 5.41) is 1.75. The van der Waals surface area contributed by atoms with Gasteiger partial charge >= 0.3 is 5.97 Å². The van der Waals surface area contributed by atoms with Crippen molar-refractivity contribution in [3.8, 4) is 0 Å². The first-order valence-corrected chi connectivity index (χ1v) is 8.43. The van der Waals surface area contributed by atoms with Gasteiger partial charge in [-0.05, 0) is 38.1 Å². The maximum absolute atomic E-state index is 13.5. The predicted octanol–water partition coefficient (Wildman–Crippen LogP) is 4.02. The normalized spacial score (nSPS) is 13.0. The van der Waals surface area contributed by atoms with E-state index in [4.69, 9.17) is 4.74 Å². The molecule has 0 unspecified atom stereocenters. The minimum absolute atomic E-state index is 0.180. The topological polar surface area (TPSA) is 55.4 Å². The number of hydrogen-bond acceptors (Lipinski definition) is 4. The van der Waals surface area contributed by atoms with Gasteiger partial charge in [-0.2, -0.15) is 0 Å². The predicted molar refractivity (Wildman–Crippen MR) is 92.3 cm³/mol. The second kappa shape index (κ2) is 8.62. The lowest BCUT2D eigenvalue weighted by Crippen LogP contribution is -2.32. The third-order valence-electron chi connectivity index (χ3n) is 3.24. The number of carbonyl (C=O) groups is 2. The number of benzene rings is 2. The number of thioether (sulfide) groups is 1. The third-order valence-corrected chi connectivity index (χ3v) is 4.33. The van der Waals surface area contributed by atoms with Crippen LogP contribution in [0.3, 0.4) is 0 Å². The molecule has 0 saturated carbocycles. The van der Waals surface area contributed by atoms with Gasteiger partial charge < -0.3 is 10.1 Å². The van der Waals surface area contributed by atoms with E-state index < -0.39 is 34.9 Å². The smallest absolute Gasteiger partial charge is 0.319 e. The number of amides is 1. The van der Waals surface area contributed by atoms with Gasteiger partial charge in [0.15, 0.2) is 6.10 Å². The van der Waals surface area contributed by atoms with E-state index in [0.29, 0.717) is 6.07 Å². The lowest BCUT2D eigenvalue weighted by molar-refractivity contribution is -0.152. The maximum Gasteiger partial charge on any atom is 0.319 e. The molecule has 0 spiro atoms. The summed E-state index contributed by atoms with van der Waals surface area (Å²) in [6.07, 6.45) is -1.12. The number of ether oxygens (including phenoxy) is 1. The van der Waals surface area contributed by atoms with E-state index in [0.717, 1.165) is 17.0 Å². The van der Waals surface area contributed by atoms with E-state index in [9.17, 15) is 18.4 Å². The highest BCUT2D eigenvalue weighted by molar-refractivity contribution is 8.00. The molecule has 0 bridgehead atoms. The fourth-order valence-electron chi connectivity index (χ4n) is 1.90. The van der Waals surface area contributed by atoms with E-state index >= 15 is 0 Å². The van der Waals surface area contributed by atoms with Crippen LogP contribution >= 0.6 is 11.8 Å². The largest absolute Gasteiger partial charge is 0.452 e. The number of halogens is 2. The van der Waals surface area contributed by atoms with Crippen LogP contribution in [0.25, 0.3) is 0 Å². The van der Waals surface area contributed by atoms with E-state index in [1.54, 1.807) is 6.92 Å². The van der Waals surface area contributed by atoms with Gasteiger partial charge in [-0.1, -0.05) is 18.2 Å². The molecule has 0 saturated heterocycles. The van der Waals surface area contributed by atoms with Gasteiger partial charge in [0.25, 0.3) is 5.91 Å². The van der Waals surface area contributed by atoms with Gasteiger partial charge in [0.05, 0.1) is 5.69 Å². The molecular weight excluding hydrogens is 348 g/mol. The fourth-order valence-corrected chi connectivity index (χ4v) is 2.77.